The molecular weight excluding hydrogens is 286 g/mol. The lowest BCUT2D eigenvalue weighted by atomic mass is 10.2. The van der Waals surface area contributed by atoms with E-state index in [0.717, 1.165) is 10.5 Å². The average molecular weight is 303 g/mol. The molecule has 0 atom stereocenters. The van der Waals surface area contributed by atoms with E-state index in [0.29, 0.717) is 11.4 Å². The summed E-state index contributed by atoms with van der Waals surface area (Å²) in [7, 11) is 0. The lowest BCUT2D eigenvalue weighted by molar-refractivity contribution is -0.384. The van der Waals surface area contributed by atoms with Crippen LogP contribution in [0.5, 0.6) is 0 Å². The molecule has 0 unspecified atom stereocenters. The minimum absolute atomic E-state index is 0.0743. The number of benzene rings is 2. The van der Waals surface area contributed by atoms with Gasteiger partial charge in [0.2, 0.25) is 0 Å². The van der Waals surface area contributed by atoms with Crippen LogP contribution in [0.15, 0.2) is 41.3 Å². The van der Waals surface area contributed by atoms with Gasteiger partial charge >= 0.3 is 0 Å². The van der Waals surface area contributed by atoms with E-state index in [9.17, 15) is 10.1 Å². The smallest absolute Gasteiger partial charge is 0.269 e. The summed E-state index contributed by atoms with van der Waals surface area (Å²) in [5.41, 5.74) is 6.60. The Balaban J connectivity index is 2.22. The van der Waals surface area contributed by atoms with Crippen molar-refractivity contribution in [1.29, 1.82) is 0 Å². The number of aryl methyl sites for hydroxylation is 2. The minimum Gasteiger partial charge on any atom is -0.324 e. The van der Waals surface area contributed by atoms with Crippen LogP contribution in [0.4, 0.5) is 11.4 Å². The van der Waals surface area contributed by atoms with Crippen LogP contribution in [0.1, 0.15) is 16.7 Å². The zero-order valence-electron chi connectivity index (χ0n) is 11.9. The van der Waals surface area contributed by atoms with Crippen LogP contribution in [0.2, 0.25) is 0 Å². The van der Waals surface area contributed by atoms with Crippen LogP contribution >= 0.6 is 11.8 Å². The van der Waals surface area contributed by atoms with E-state index in [-0.39, 0.29) is 5.69 Å². The molecule has 5 nitrogen and oxygen atoms in total. The van der Waals surface area contributed by atoms with Crippen molar-refractivity contribution >= 4 is 23.1 Å². The Kier molecular flexibility index (Phi) is 4.82. The fourth-order valence-corrected chi connectivity index (χ4v) is 3.07. The first kappa shape index (κ1) is 15.3. The molecule has 2 aromatic carbocycles. The van der Waals surface area contributed by atoms with Gasteiger partial charge < -0.3 is 5.43 Å². The molecule has 6 heteroatoms. The second-order valence-corrected chi connectivity index (χ2v) is 5.82. The van der Waals surface area contributed by atoms with Crippen molar-refractivity contribution in [1.82, 2.24) is 0 Å². The number of non-ortho nitro benzene ring substituents is 1. The molecule has 0 saturated heterocycles. The zero-order chi connectivity index (χ0) is 15.4. The highest BCUT2D eigenvalue weighted by Gasteiger charge is 2.11. The predicted octanol–water partition coefficient (Wildman–Crippen LogP) is 3.79. The van der Waals surface area contributed by atoms with Crippen LogP contribution in [0, 0.1) is 24.0 Å². The van der Waals surface area contributed by atoms with E-state index in [1.165, 1.54) is 17.2 Å². The van der Waals surface area contributed by atoms with Crippen molar-refractivity contribution in [2.45, 2.75) is 24.5 Å². The Morgan fingerprint density at radius 1 is 1.24 bits per heavy atom. The van der Waals surface area contributed by atoms with Gasteiger partial charge in [-0.1, -0.05) is 17.7 Å². The highest BCUT2D eigenvalue weighted by molar-refractivity contribution is 7.98. The van der Waals surface area contributed by atoms with Gasteiger partial charge in [-0.15, -0.1) is 11.8 Å². The summed E-state index contributed by atoms with van der Waals surface area (Å²) in [6.45, 7) is 4.11. The van der Waals surface area contributed by atoms with Crippen LogP contribution < -0.4 is 11.3 Å². The number of nitro benzene ring substituents is 1. The molecule has 0 fully saturated rings. The molecule has 21 heavy (non-hydrogen) atoms. The van der Waals surface area contributed by atoms with Gasteiger partial charge in [0, 0.05) is 22.8 Å². The molecule has 0 aliphatic heterocycles. The SMILES string of the molecule is Cc1ccc(SCc2cc([N+](=O)[O-])ccc2NN)c(C)c1. The van der Waals surface area contributed by atoms with Crippen molar-refractivity contribution in [3.8, 4) is 0 Å². The highest BCUT2D eigenvalue weighted by atomic mass is 32.2. The van der Waals surface area contributed by atoms with Gasteiger partial charge in [-0.05, 0) is 37.1 Å². The number of anilines is 1. The van der Waals surface area contributed by atoms with Gasteiger partial charge in [-0.2, -0.15) is 0 Å². The number of nitrogens with one attached hydrogen (secondary N) is 1. The van der Waals surface area contributed by atoms with Gasteiger partial charge in [-0.25, -0.2) is 0 Å². The summed E-state index contributed by atoms with van der Waals surface area (Å²) < 4.78 is 0. The molecule has 2 aromatic rings. The number of nitro groups is 1. The third-order valence-electron chi connectivity index (χ3n) is 3.17. The average Bonchev–Trinajstić information content (AvgIpc) is 2.46. The highest BCUT2D eigenvalue weighted by Crippen LogP contribution is 2.31. The van der Waals surface area contributed by atoms with Gasteiger partial charge in [0.15, 0.2) is 0 Å². The molecule has 110 valence electrons. The Labute approximate surface area is 127 Å². The minimum atomic E-state index is -0.397. The van der Waals surface area contributed by atoms with Crippen LogP contribution in [-0.4, -0.2) is 4.92 Å². The van der Waals surface area contributed by atoms with Gasteiger partial charge in [0.1, 0.15) is 0 Å². The van der Waals surface area contributed by atoms with E-state index in [2.05, 4.69) is 37.5 Å². The quantitative estimate of drug-likeness (QED) is 0.380. The molecule has 2 rings (SSSR count). The molecule has 0 amide bonds. The molecule has 0 aliphatic carbocycles. The van der Waals surface area contributed by atoms with Crippen LogP contribution in [-0.2, 0) is 5.75 Å². The number of nitrogen functional groups attached to an aromatic ring is 1. The topological polar surface area (TPSA) is 81.2 Å². The summed E-state index contributed by atoms with van der Waals surface area (Å²) in [6.07, 6.45) is 0. The summed E-state index contributed by atoms with van der Waals surface area (Å²) >= 11 is 1.64. The van der Waals surface area contributed by atoms with Crippen molar-refractivity contribution in [3.05, 3.63) is 63.2 Å². The molecule has 0 aromatic heterocycles. The third-order valence-corrected chi connectivity index (χ3v) is 4.39. The predicted molar refractivity (Wildman–Crippen MR) is 86.4 cm³/mol. The summed E-state index contributed by atoms with van der Waals surface area (Å²) in [5, 5.41) is 10.9. The standard InChI is InChI=1S/C15H17N3O2S/c1-10-3-6-15(11(2)7-10)21-9-12-8-13(18(19)20)4-5-14(12)17-16/h3-8,17H,9,16H2,1-2H3. The van der Waals surface area contributed by atoms with Crippen LogP contribution in [0.3, 0.4) is 0 Å². The van der Waals surface area contributed by atoms with Gasteiger partial charge in [-0.3, -0.25) is 16.0 Å². The van der Waals surface area contributed by atoms with Crippen molar-refractivity contribution in [2.75, 3.05) is 5.43 Å². The number of hydrogen-bond acceptors (Lipinski definition) is 5. The number of hydrazine groups is 1. The fraction of sp³-hybridized carbons (Fsp3) is 0.200. The first-order chi connectivity index (χ1) is 10.0. The largest absolute Gasteiger partial charge is 0.324 e. The Hall–Kier alpha value is -2.05. The Bertz CT molecular complexity index is 674. The monoisotopic (exact) mass is 303 g/mol. The number of rotatable bonds is 5. The molecule has 0 heterocycles. The molecule has 0 bridgehead atoms. The zero-order valence-corrected chi connectivity index (χ0v) is 12.7. The fourth-order valence-electron chi connectivity index (χ4n) is 2.07. The molecule has 0 saturated carbocycles. The van der Waals surface area contributed by atoms with Crippen molar-refractivity contribution < 1.29 is 4.92 Å². The number of nitrogens with zero attached hydrogens (tertiary/aromatic N) is 1. The molecule has 0 spiro atoms. The molecule has 0 aliphatic rings. The van der Waals surface area contributed by atoms with Gasteiger partial charge in [0.25, 0.3) is 5.69 Å². The van der Waals surface area contributed by atoms with E-state index < -0.39 is 4.92 Å². The number of hydrogen-bond donors (Lipinski definition) is 2. The third kappa shape index (κ3) is 3.74. The van der Waals surface area contributed by atoms with E-state index >= 15 is 0 Å². The molecular formula is C15H17N3O2S. The Morgan fingerprint density at radius 3 is 2.62 bits per heavy atom. The van der Waals surface area contributed by atoms with E-state index in [1.54, 1.807) is 23.9 Å². The summed E-state index contributed by atoms with van der Waals surface area (Å²) in [6, 6.07) is 10.9. The molecule has 3 N–H and O–H groups in total. The number of nitrogens with two attached hydrogens (primary N) is 1. The normalized spacial score (nSPS) is 10.4. The van der Waals surface area contributed by atoms with Crippen LogP contribution in [0.25, 0.3) is 0 Å². The van der Waals surface area contributed by atoms with Crippen molar-refractivity contribution in [3.63, 3.8) is 0 Å². The first-order valence-corrected chi connectivity index (χ1v) is 7.44. The maximum absolute atomic E-state index is 10.9. The van der Waals surface area contributed by atoms with E-state index in [1.807, 2.05) is 0 Å². The second kappa shape index (κ2) is 6.60. The first-order valence-electron chi connectivity index (χ1n) is 6.45. The lowest BCUT2D eigenvalue weighted by Crippen LogP contribution is -2.09. The maximum atomic E-state index is 10.9. The summed E-state index contributed by atoms with van der Waals surface area (Å²) in [4.78, 5) is 11.6. The van der Waals surface area contributed by atoms with E-state index in [4.69, 9.17) is 5.84 Å². The lowest BCUT2D eigenvalue weighted by Gasteiger charge is -2.10. The molecule has 0 radical (unpaired) electrons. The Morgan fingerprint density at radius 2 is 2.00 bits per heavy atom. The maximum Gasteiger partial charge on any atom is 0.269 e. The second-order valence-electron chi connectivity index (χ2n) is 4.80. The van der Waals surface area contributed by atoms with Crippen molar-refractivity contribution in [2.24, 2.45) is 5.84 Å². The van der Waals surface area contributed by atoms with Gasteiger partial charge in [0.05, 0.1) is 10.6 Å². The summed E-state index contributed by atoms with van der Waals surface area (Å²) in [5.74, 6) is 6.08. The number of thioether (sulfide) groups is 1.